The average Bonchev–Trinajstić information content (AvgIpc) is 3.15. The van der Waals surface area contributed by atoms with Gasteiger partial charge in [0.25, 0.3) is 5.91 Å². The molecule has 1 fully saturated rings. The van der Waals surface area contributed by atoms with Crippen LogP contribution in [0.5, 0.6) is 5.75 Å². The number of benzene rings is 3. The maximum absolute atomic E-state index is 13.9. The molecule has 1 saturated heterocycles. The molecule has 4 rings (SSSR count). The van der Waals surface area contributed by atoms with Crippen molar-refractivity contribution >= 4 is 41.0 Å². The van der Waals surface area contributed by atoms with Gasteiger partial charge in [-0.1, -0.05) is 83.9 Å². The first kappa shape index (κ1) is 32.1. The molecule has 2 amide bonds. The van der Waals surface area contributed by atoms with Gasteiger partial charge in [-0.3, -0.25) is 14.6 Å². The summed E-state index contributed by atoms with van der Waals surface area (Å²) >= 11 is 12.1. The zero-order chi connectivity index (χ0) is 30.6. The van der Waals surface area contributed by atoms with E-state index < -0.39 is 6.04 Å². The molecule has 43 heavy (non-hydrogen) atoms. The summed E-state index contributed by atoms with van der Waals surface area (Å²) < 4.78 is 5.57. The van der Waals surface area contributed by atoms with E-state index in [2.05, 4.69) is 39.9 Å². The molecule has 9 nitrogen and oxygen atoms in total. The first-order valence-electron chi connectivity index (χ1n) is 14.3. The van der Waals surface area contributed by atoms with Crippen molar-refractivity contribution in [3.05, 3.63) is 100 Å². The Kier molecular flexibility index (Phi) is 12.1. The number of halogens is 2. The van der Waals surface area contributed by atoms with Crippen molar-refractivity contribution in [2.75, 3.05) is 32.8 Å². The first-order valence-corrected chi connectivity index (χ1v) is 15.1. The van der Waals surface area contributed by atoms with Crippen LogP contribution in [-0.2, 0) is 9.59 Å². The molecular formula is C32H38Cl2N6O3. The van der Waals surface area contributed by atoms with Crippen molar-refractivity contribution in [1.29, 1.82) is 0 Å². The molecule has 0 aromatic heterocycles. The predicted molar refractivity (Wildman–Crippen MR) is 172 cm³/mol. The zero-order valence-electron chi connectivity index (χ0n) is 23.9. The normalized spacial score (nSPS) is 16.9. The monoisotopic (exact) mass is 624 g/mol. The highest BCUT2D eigenvalue weighted by atomic mass is 35.5. The highest BCUT2D eigenvalue weighted by molar-refractivity contribution is 6.35. The van der Waals surface area contributed by atoms with E-state index in [1.165, 1.54) is 0 Å². The van der Waals surface area contributed by atoms with Gasteiger partial charge in [0.2, 0.25) is 5.91 Å². The van der Waals surface area contributed by atoms with Gasteiger partial charge in [-0.15, -0.1) is 0 Å². The van der Waals surface area contributed by atoms with Crippen LogP contribution in [0.1, 0.15) is 36.3 Å². The maximum atomic E-state index is 13.9. The molecule has 3 aromatic rings. The zero-order valence-corrected chi connectivity index (χ0v) is 25.4. The van der Waals surface area contributed by atoms with Gasteiger partial charge in [0.1, 0.15) is 5.75 Å². The molecule has 11 heteroatoms. The number of hydrogen-bond donors (Lipinski definition) is 4. The second-order valence-electron chi connectivity index (χ2n) is 10.5. The molecule has 228 valence electrons. The Hall–Kier alpha value is -3.79. The van der Waals surface area contributed by atoms with E-state index in [1.54, 1.807) is 18.2 Å². The van der Waals surface area contributed by atoms with Gasteiger partial charge in [0.05, 0.1) is 11.1 Å². The summed E-state index contributed by atoms with van der Waals surface area (Å²) in [5.41, 5.74) is 13.3. The molecule has 1 aliphatic rings. The highest BCUT2D eigenvalue weighted by Crippen LogP contribution is 2.28. The number of nitrogens with one attached hydrogen (secondary N) is 2. The van der Waals surface area contributed by atoms with Crippen LogP contribution in [0, 0.1) is 0 Å². The van der Waals surface area contributed by atoms with Gasteiger partial charge < -0.3 is 31.7 Å². The third-order valence-corrected chi connectivity index (χ3v) is 7.88. The summed E-state index contributed by atoms with van der Waals surface area (Å²) in [5, 5.41) is 7.23. The van der Waals surface area contributed by atoms with Crippen LogP contribution in [0.25, 0.3) is 0 Å². The summed E-state index contributed by atoms with van der Waals surface area (Å²) in [6.07, 6.45) is 1.84. The van der Waals surface area contributed by atoms with Gasteiger partial charge in [-0.25, -0.2) is 0 Å². The Balaban J connectivity index is 1.43. The quantitative estimate of drug-likeness (QED) is 0.129. The van der Waals surface area contributed by atoms with Crippen molar-refractivity contribution in [3.8, 4) is 5.75 Å². The third kappa shape index (κ3) is 9.88. The minimum absolute atomic E-state index is 0.0155. The SMILES string of the molecule is NC(N)=NCCC[C@@H]1N[C@H](CNC(=O)COc2ccc(Cl)cc2Cl)CCN(CC(c2ccccc2)c2ccccc2)C1=O. The van der Waals surface area contributed by atoms with Crippen molar-refractivity contribution < 1.29 is 14.3 Å². The Labute approximate surface area is 262 Å². The van der Waals surface area contributed by atoms with Crippen molar-refractivity contribution in [3.63, 3.8) is 0 Å². The van der Waals surface area contributed by atoms with E-state index in [4.69, 9.17) is 39.4 Å². The van der Waals surface area contributed by atoms with E-state index in [-0.39, 0.29) is 36.3 Å². The number of nitrogens with zero attached hydrogens (tertiary/aromatic N) is 2. The molecule has 1 heterocycles. The minimum atomic E-state index is -0.449. The van der Waals surface area contributed by atoms with E-state index in [0.29, 0.717) is 61.2 Å². The van der Waals surface area contributed by atoms with Gasteiger partial charge in [0.15, 0.2) is 12.6 Å². The molecular weight excluding hydrogens is 587 g/mol. The lowest BCUT2D eigenvalue weighted by Gasteiger charge is -2.29. The van der Waals surface area contributed by atoms with Crippen LogP contribution in [-0.4, -0.2) is 67.5 Å². The van der Waals surface area contributed by atoms with E-state index >= 15 is 0 Å². The van der Waals surface area contributed by atoms with Crippen molar-refractivity contribution in [1.82, 2.24) is 15.5 Å². The summed E-state index contributed by atoms with van der Waals surface area (Å²) in [4.78, 5) is 32.6. The smallest absolute Gasteiger partial charge is 0.257 e. The predicted octanol–water partition coefficient (Wildman–Crippen LogP) is 3.93. The van der Waals surface area contributed by atoms with Crippen LogP contribution < -0.4 is 26.8 Å². The highest BCUT2D eigenvalue weighted by Gasteiger charge is 2.32. The van der Waals surface area contributed by atoms with Gasteiger partial charge >= 0.3 is 0 Å². The number of hydrogen-bond acceptors (Lipinski definition) is 5. The fourth-order valence-corrected chi connectivity index (χ4v) is 5.62. The molecule has 0 unspecified atom stereocenters. The molecule has 2 atom stereocenters. The number of carbonyl (C=O) groups is 2. The second kappa shape index (κ2) is 16.2. The lowest BCUT2D eigenvalue weighted by molar-refractivity contribution is -0.133. The average molecular weight is 626 g/mol. The maximum Gasteiger partial charge on any atom is 0.257 e. The molecule has 0 aliphatic carbocycles. The van der Waals surface area contributed by atoms with Crippen molar-refractivity contribution in [2.24, 2.45) is 16.5 Å². The van der Waals surface area contributed by atoms with Crippen LogP contribution in [0.15, 0.2) is 83.9 Å². The van der Waals surface area contributed by atoms with Crippen LogP contribution in [0.3, 0.4) is 0 Å². The molecule has 0 saturated carbocycles. The van der Waals surface area contributed by atoms with Gasteiger partial charge in [-0.2, -0.15) is 0 Å². The van der Waals surface area contributed by atoms with Gasteiger partial charge in [0, 0.05) is 43.2 Å². The lowest BCUT2D eigenvalue weighted by Crippen LogP contribution is -2.49. The summed E-state index contributed by atoms with van der Waals surface area (Å²) in [6.45, 7) is 1.65. The van der Waals surface area contributed by atoms with Crippen LogP contribution in [0.2, 0.25) is 10.0 Å². The minimum Gasteiger partial charge on any atom is -0.482 e. The summed E-state index contributed by atoms with van der Waals surface area (Å²) in [6, 6.07) is 24.7. The third-order valence-electron chi connectivity index (χ3n) is 7.34. The Morgan fingerprint density at radius 3 is 2.35 bits per heavy atom. The van der Waals surface area contributed by atoms with E-state index in [1.807, 2.05) is 41.3 Å². The number of carbonyl (C=O) groups excluding carboxylic acids is 2. The summed E-state index contributed by atoms with van der Waals surface area (Å²) in [7, 11) is 0. The first-order chi connectivity index (χ1) is 20.8. The molecule has 3 aromatic carbocycles. The van der Waals surface area contributed by atoms with Crippen LogP contribution in [0.4, 0.5) is 0 Å². The Morgan fingerprint density at radius 2 is 1.72 bits per heavy atom. The molecule has 6 N–H and O–H groups in total. The standard InChI is InChI=1S/C32H38Cl2N6O3/c33-24-13-14-29(27(34)18-24)43-21-30(41)38-19-25-15-17-40(31(42)28(39-25)12-7-16-37-32(35)36)20-26(22-8-3-1-4-9-22)23-10-5-2-6-11-23/h1-6,8-11,13-14,18,25-26,28,39H,7,12,15-17,19-21H2,(H,38,41)(H4,35,36,37)/t25-,28-/m0/s1. The fourth-order valence-electron chi connectivity index (χ4n) is 5.15. The van der Waals surface area contributed by atoms with E-state index in [0.717, 1.165) is 11.1 Å². The number of nitrogens with two attached hydrogens (primary N) is 2. The Morgan fingerprint density at radius 1 is 1.05 bits per heavy atom. The number of guanidine groups is 1. The molecule has 1 aliphatic heterocycles. The second-order valence-corrected chi connectivity index (χ2v) is 11.3. The lowest BCUT2D eigenvalue weighted by atomic mass is 9.90. The van der Waals surface area contributed by atoms with Crippen LogP contribution >= 0.6 is 23.2 Å². The largest absolute Gasteiger partial charge is 0.482 e. The Bertz CT molecular complexity index is 1330. The molecule has 0 spiro atoms. The van der Waals surface area contributed by atoms with E-state index in [9.17, 15) is 9.59 Å². The topological polar surface area (TPSA) is 135 Å². The molecule has 0 bridgehead atoms. The van der Waals surface area contributed by atoms with Crippen molar-refractivity contribution in [2.45, 2.75) is 37.3 Å². The molecule has 0 radical (unpaired) electrons. The number of aliphatic imine (C=N–C) groups is 1. The number of amides is 2. The fraction of sp³-hybridized carbons (Fsp3) is 0.344. The number of ether oxygens (including phenoxy) is 1. The summed E-state index contributed by atoms with van der Waals surface area (Å²) in [5.74, 6) is 0.149. The number of rotatable bonds is 13. The van der Waals surface area contributed by atoms with Gasteiger partial charge in [-0.05, 0) is 48.6 Å².